The van der Waals surface area contributed by atoms with Gasteiger partial charge >= 0.3 is 0 Å². The van der Waals surface area contributed by atoms with Gasteiger partial charge in [0.15, 0.2) is 0 Å². The molecule has 0 radical (unpaired) electrons. The number of benzene rings is 10. The van der Waals surface area contributed by atoms with Crippen molar-refractivity contribution in [1.29, 1.82) is 0 Å². The van der Waals surface area contributed by atoms with Crippen molar-refractivity contribution in [3.63, 3.8) is 0 Å². The predicted molar refractivity (Wildman–Crippen MR) is 230 cm³/mol. The fourth-order valence-corrected chi connectivity index (χ4v) is 13.1. The van der Waals surface area contributed by atoms with Crippen molar-refractivity contribution in [3.05, 3.63) is 176 Å². The summed E-state index contributed by atoms with van der Waals surface area (Å²) >= 11 is 1.95. The summed E-state index contributed by atoms with van der Waals surface area (Å²) < 4.78 is 2.72. The van der Waals surface area contributed by atoms with Gasteiger partial charge in [-0.1, -0.05) is 152 Å². The largest absolute Gasteiger partial charge is 0.135 e. The van der Waals surface area contributed by atoms with Crippen molar-refractivity contribution in [2.75, 3.05) is 0 Å². The third kappa shape index (κ3) is 3.96. The molecule has 0 bridgehead atoms. The molecular formula is C50H29PS. The SMILES string of the molecule is c1ccc2c(c1)-c1cccc3c1c-2cc1sc2cc(P(c4cc5ccccc5c5ccccc45)c4cc5ccccc5c5ccccc45)ccc2c13. The van der Waals surface area contributed by atoms with E-state index >= 15 is 0 Å². The van der Waals surface area contributed by atoms with Gasteiger partial charge in [0.25, 0.3) is 0 Å². The molecule has 0 nitrogen and oxygen atoms in total. The standard InChI is InChI=1S/C50H29PS/c1-3-14-33-30(12-1)26-45(39-20-9-7-16-35(33)39)51(46-27-31-13-2-4-15-34(31)36-17-8-10-21-40(36)46)32-24-25-42-47(28-32)52-48-29-44-38-19-6-5-18-37(38)41-22-11-23-43(49(41)44)50(42)48/h1-29H. The molecule has 2 heteroatoms. The molecule has 0 fully saturated rings. The number of hydrogen-bond acceptors (Lipinski definition) is 1. The van der Waals surface area contributed by atoms with Crippen LogP contribution in [0, 0.1) is 0 Å². The molecule has 1 aliphatic rings. The first kappa shape index (κ1) is 28.8. The van der Waals surface area contributed by atoms with Crippen LogP contribution in [-0.4, -0.2) is 0 Å². The average molecular weight is 693 g/mol. The number of rotatable bonds is 3. The summed E-state index contributed by atoms with van der Waals surface area (Å²) in [5.41, 5.74) is 5.43. The van der Waals surface area contributed by atoms with Gasteiger partial charge in [-0.15, -0.1) is 11.3 Å². The summed E-state index contributed by atoms with van der Waals surface area (Å²) in [5.74, 6) is 0. The van der Waals surface area contributed by atoms with E-state index in [0.29, 0.717) is 0 Å². The molecule has 0 atom stereocenters. The third-order valence-electron chi connectivity index (χ3n) is 11.3. The second kappa shape index (κ2) is 10.8. The second-order valence-electron chi connectivity index (χ2n) is 14.0. The quantitative estimate of drug-likeness (QED) is 0.128. The van der Waals surface area contributed by atoms with Gasteiger partial charge in [-0.3, -0.25) is 0 Å². The Bertz CT molecular complexity index is 3190. The van der Waals surface area contributed by atoms with Gasteiger partial charge in [0.2, 0.25) is 0 Å². The minimum Gasteiger partial charge on any atom is -0.135 e. The lowest BCUT2D eigenvalue weighted by molar-refractivity contribution is 1.70. The predicted octanol–water partition coefficient (Wildman–Crippen LogP) is 13.2. The van der Waals surface area contributed by atoms with E-state index in [4.69, 9.17) is 0 Å². The van der Waals surface area contributed by atoms with E-state index in [1.54, 1.807) is 0 Å². The minimum absolute atomic E-state index is 0.957. The van der Waals surface area contributed by atoms with Gasteiger partial charge in [0.1, 0.15) is 0 Å². The van der Waals surface area contributed by atoms with Crippen LogP contribution in [0.2, 0.25) is 0 Å². The highest BCUT2D eigenvalue weighted by Gasteiger charge is 2.26. The van der Waals surface area contributed by atoms with E-state index in [-0.39, 0.29) is 0 Å². The molecule has 1 heterocycles. The van der Waals surface area contributed by atoms with E-state index in [9.17, 15) is 0 Å². The van der Waals surface area contributed by atoms with Crippen LogP contribution in [-0.2, 0) is 0 Å². The number of fused-ring (bicyclic) bond motifs is 13. The summed E-state index contributed by atoms with van der Waals surface area (Å²) in [6.07, 6.45) is 0. The van der Waals surface area contributed by atoms with Crippen LogP contribution in [0.4, 0.5) is 0 Å². The van der Waals surface area contributed by atoms with Crippen LogP contribution >= 0.6 is 19.3 Å². The van der Waals surface area contributed by atoms with Crippen molar-refractivity contribution in [3.8, 4) is 22.3 Å². The van der Waals surface area contributed by atoms with Crippen molar-refractivity contribution < 1.29 is 0 Å². The molecule has 0 unspecified atom stereocenters. The normalized spacial score (nSPS) is 12.4. The molecule has 11 aromatic rings. The Morgan fingerprint density at radius 1 is 0.308 bits per heavy atom. The van der Waals surface area contributed by atoms with Crippen molar-refractivity contribution in [2.45, 2.75) is 0 Å². The van der Waals surface area contributed by atoms with Crippen molar-refractivity contribution in [1.82, 2.24) is 0 Å². The molecule has 10 aromatic carbocycles. The van der Waals surface area contributed by atoms with Crippen LogP contribution in [0.25, 0.3) is 96.3 Å². The molecule has 1 aliphatic carbocycles. The first-order valence-electron chi connectivity index (χ1n) is 17.9. The van der Waals surface area contributed by atoms with Crippen molar-refractivity contribution in [2.24, 2.45) is 0 Å². The highest BCUT2D eigenvalue weighted by atomic mass is 32.1. The summed E-state index contributed by atoms with van der Waals surface area (Å²) in [6.45, 7) is 0. The highest BCUT2D eigenvalue weighted by molar-refractivity contribution is 7.80. The van der Waals surface area contributed by atoms with Crippen LogP contribution in [0.5, 0.6) is 0 Å². The lowest BCUT2D eigenvalue weighted by atomic mass is 9.98. The zero-order chi connectivity index (χ0) is 33.9. The summed E-state index contributed by atoms with van der Waals surface area (Å²) in [4.78, 5) is 0. The summed E-state index contributed by atoms with van der Waals surface area (Å²) in [5, 5.41) is 20.2. The second-order valence-corrected chi connectivity index (χ2v) is 17.2. The highest BCUT2D eigenvalue weighted by Crippen LogP contribution is 2.52. The smallest absolute Gasteiger partial charge is 0.0368 e. The Morgan fingerprint density at radius 2 is 0.827 bits per heavy atom. The molecule has 0 aliphatic heterocycles. The first-order valence-corrected chi connectivity index (χ1v) is 20.1. The van der Waals surface area contributed by atoms with Gasteiger partial charge in [-0.25, -0.2) is 0 Å². The minimum atomic E-state index is -0.957. The molecule has 240 valence electrons. The van der Waals surface area contributed by atoms with Crippen LogP contribution in [0.15, 0.2) is 176 Å². The molecule has 12 rings (SSSR count). The lowest BCUT2D eigenvalue weighted by Crippen LogP contribution is -2.22. The van der Waals surface area contributed by atoms with E-state index in [0.717, 1.165) is 0 Å². The Balaban J connectivity index is 1.18. The molecule has 0 saturated heterocycles. The van der Waals surface area contributed by atoms with E-state index in [1.807, 2.05) is 11.3 Å². The van der Waals surface area contributed by atoms with Crippen LogP contribution in [0.3, 0.4) is 0 Å². The number of hydrogen-bond donors (Lipinski definition) is 0. The van der Waals surface area contributed by atoms with Gasteiger partial charge in [0, 0.05) is 20.2 Å². The van der Waals surface area contributed by atoms with Crippen LogP contribution < -0.4 is 15.9 Å². The molecule has 0 saturated carbocycles. The van der Waals surface area contributed by atoms with E-state index < -0.39 is 7.92 Å². The average Bonchev–Trinajstić information content (AvgIpc) is 3.74. The lowest BCUT2D eigenvalue weighted by Gasteiger charge is -2.24. The first-order chi connectivity index (χ1) is 25.8. The van der Waals surface area contributed by atoms with Gasteiger partial charge in [-0.05, 0) is 124 Å². The maximum atomic E-state index is 2.54. The zero-order valence-corrected chi connectivity index (χ0v) is 29.8. The molecule has 0 spiro atoms. The summed E-state index contributed by atoms with van der Waals surface area (Å²) in [6, 6.07) is 66.5. The maximum Gasteiger partial charge on any atom is 0.0368 e. The third-order valence-corrected chi connectivity index (χ3v) is 14.9. The monoisotopic (exact) mass is 692 g/mol. The Hall–Kier alpha value is -5.85. The Kier molecular flexibility index (Phi) is 6.00. The van der Waals surface area contributed by atoms with E-state index in [2.05, 4.69) is 176 Å². The van der Waals surface area contributed by atoms with Gasteiger partial charge in [0.05, 0.1) is 0 Å². The molecule has 0 N–H and O–H groups in total. The molecule has 52 heavy (non-hydrogen) atoms. The molecule has 1 aromatic heterocycles. The number of thiophene rings is 1. The fourth-order valence-electron chi connectivity index (χ4n) is 9.11. The van der Waals surface area contributed by atoms with Crippen molar-refractivity contribution >= 4 is 109 Å². The fraction of sp³-hybridized carbons (Fsp3) is 0. The topological polar surface area (TPSA) is 0 Å². The van der Waals surface area contributed by atoms with Crippen LogP contribution in [0.1, 0.15) is 0 Å². The summed E-state index contributed by atoms with van der Waals surface area (Å²) in [7, 11) is -0.957. The van der Waals surface area contributed by atoms with E-state index in [1.165, 1.54) is 112 Å². The van der Waals surface area contributed by atoms with Gasteiger partial charge < -0.3 is 0 Å². The Morgan fingerprint density at radius 3 is 1.48 bits per heavy atom. The molecule has 0 amide bonds. The van der Waals surface area contributed by atoms with Gasteiger partial charge in [-0.2, -0.15) is 0 Å². The zero-order valence-electron chi connectivity index (χ0n) is 28.1. The Labute approximate surface area is 306 Å². The molecular weight excluding hydrogens is 664 g/mol. The maximum absolute atomic E-state index is 2.54.